The van der Waals surface area contributed by atoms with Gasteiger partial charge in [0.05, 0.1) is 12.1 Å². The average molecular weight is 259 g/mol. The van der Waals surface area contributed by atoms with Crippen molar-refractivity contribution in [3.63, 3.8) is 0 Å². The molecule has 0 fully saturated rings. The van der Waals surface area contributed by atoms with Gasteiger partial charge in [-0.15, -0.1) is 0 Å². The second kappa shape index (κ2) is 6.26. The summed E-state index contributed by atoms with van der Waals surface area (Å²) in [6.07, 6.45) is 1.74. The summed E-state index contributed by atoms with van der Waals surface area (Å²) in [6, 6.07) is 8.99. The molecule has 1 aromatic heterocycles. The number of amides is 1. The van der Waals surface area contributed by atoms with Crippen LogP contribution in [-0.2, 0) is 9.53 Å². The van der Waals surface area contributed by atoms with E-state index in [1.807, 2.05) is 30.3 Å². The summed E-state index contributed by atoms with van der Waals surface area (Å²) in [5.41, 5.74) is 7.17. The monoisotopic (exact) mass is 259 g/mol. The van der Waals surface area contributed by atoms with E-state index >= 15 is 0 Å². The number of fused-ring (bicyclic) bond motifs is 1. The van der Waals surface area contributed by atoms with E-state index in [-0.39, 0.29) is 0 Å². The highest BCUT2D eigenvalue weighted by atomic mass is 16.5. The Bertz CT molecular complexity index is 571. The van der Waals surface area contributed by atoms with E-state index in [0.717, 1.165) is 16.5 Å². The van der Waals surface area contributed by atoms with Crippen LogP contribution >= 0.6 is 0 Å². The van der Waals surface area contributed by atoms with Gasteiger partial charge in [0.1, 0.15) is 6.04 Å². The quantitative estimate of drug-likeness (QED) is 0.759. The summed E-state index contributed by atoms with van der Waals surface area (Å²) in [4.78, 5) is 15.8. The number of nitrogens with two attached hydrogens (primary N) is 1. The molecule has 0 aliphatic heterocycles. The fourth-order valence-corrected chi connectivity index (χ4v) is 1.96. The number of aromatic nitrogens is 1. The molecule has 3 N–H and O–H groups in total. The maximum Gasteiger partial charge on any atom is 0.239 e. The van der Waals surface area contributed by atoms with Crippen molar-refractivity contribution in [3.05, 3.63) is 42.1 Å². The molecule has 2 aromatic rings. The number of ether oxygens (including phenoxy) is 1. The second-order valence-electron chi connectivity index (χ2n) is 4.24. The van der Waals surface area contributed by atoms with Crippen LogP contribution in [0.5, 0.6) is 0 Å². The Morgan fingerprint density at radius 2 is 2.32 bits per heavy atom. The van der Waals surface area contributed by atoms with Crippen LogP contribution in [0.15, 0.2) is 36.5 Å². The van der Waals surface area contributed by atoms with Gasteiger partial charge < -0.3 is 10.5 Å². The normalized spacial score (nSPS) is 12.5. The summed E-state index contributed by atoms with van der Waals surface area (Å²) in [6.45, 7) is 1.09. The Morgan fingerprint density at radius 1 is 1.47 bits per heavy atom. The molecular weight excluding hydrogens is 242 g/mol. The number of hydrogen-bond donors (Lipinski definition) is 2. The molecule has 1 aromatic carbocycles. The van der Waals surface area contributed by atoms with Gasteiger partial charge >= 0.3 is 0 Å². The second-order valence-corrected chi connectivity index (χ2v) is 4.24. The molecule has 0 aliphatic carbocycles. The van der Waals surface area contributed by atoms with Crippen LogP contribution in [0.2, 0.25) is 0 Å². The predicted octanol–water partition coefficient (Wildman–Crippen LogP) is 0.997. The van der Waals surface area contributed by atoms with E-state index in [0.29, 0.717) is 13.2 Å². The molecule has 19 heavy (non-hydrogen) atoms. The smallest absolute Gasteiger partial charge is 0.239 e. The summed E-state index contributed by atoms with van der Waals surface area (Å²) >= 11 is 0. The number of rotatable bonds is 6. The number of nitrogens with one attached hydrogen (secondary N) is 1. The number of benzene rings is 1. The van der Waals surface area contributed by atoms with Crippen molar-refractivity contribution < 1.29 is 9.53 Å². The molecule has 0 saturated carbocycles. The minimum Gasteiger partial charge on any atom is -0.383 e. The lowest BCUT2D eigenvalue weighted by molar-refractivity contribution is -0.120. The van der Waals surface area contributed by atoms with Crippen molar-refractivity contribution in [2.45, 2.75) is 6.04 Å². The predicted molar refractivity (Wildman–Crippen MR) is 73.6 cm³/mol. The molecule has 1 atom stereocenters. The van der Waals surface area contributed by atoms with Crippen LogP contribution < -0.4 is 11.1 Å². The number of hydrogen-bond acceptors (Lipinski definition) is 4. The average Bonchev–Trinajstić information content (AvgIpc) is 2.43. The Labute approximate surface area is 111 Å². The standard InChI is InChI=1S/C14H17N3O2/c1-19-8-7-17-13(14(15)18)11-4-5-12-10(9-11)3-2-6-16-12/h2-6,9,13,17H,7-8H2,1H3,(H2,15,18). The Hall–Kier alpha value is -1.98. The molecule has 1 unspecified atom stereocenters. The Balaban J connectivity index is 2.25. The molecule has 1 amide bonds. The van der Waals surface area contributed by atoms with E-state index < -0.39 is 11.9 Å². The third-order valence-electron chi connectivity index (χ3n) is 2.90. The van der Waals surface area contributed by atoms with Gasteiger partial charge in [-0.1, -0.05) is 12.1 Å². The minimum absolute atomic E-state index is 0.403. The van der Waals surface area contributed by atoms with Gasteiger partial charge in [0, 0.05) is 25.2 Å². The first kappa shape index (κ1) is 13.5. The SMILES string of the molecule is COCCNC(C(N)=O)c1ccc2ncccc2c1. The van der Waals surface area contributed by atoms with Gasteiger partial charge in [-0.05, 0) is 23.8 Å². The highest BCUT2D eigenvalue weighted by Gasteiger charge is 2.17. The Morgan fingerprint density at radius 3 is 3.05 bits per heavy atom. The van der Waals surface area contributed by atoms with Crippen LogP contribution in [0.3, 0.4) is 0 Å². The number of pyridine rings is 1. The maximum absolute atomic E-state index is 11.5. The summed E-state index contributed by atoms with van der Waals surface area (Å²) in [5.74, 6) is -0.403. The van der Waals surface area contributed by atoms with Gasteiger partial charge in [-0.25, -0.2) is 0 Å². The summed E-state index contributed by atoms with van der Waals surface area (Å²) in [5, 5.41) is 4.07. The van der Waals surface area contributed by atoms with Gasteiger partial charge in [0.15, 0.2) is 0 Å². The number of primary amides is 1. The molecule has 2 rings (SSSR count). The molecule has 1 heterocycles. The van der Waals surface area contributed by atoms with E-state index in [4.69, 9.17) is 10.5 Å². The molecule has 0 saturated heterocycles. The van der Waals surface area contributed by atoms with Crippen LogP contribution in [0.4, 0.5) is 0 Å². The van der Waals surface area contributed by atoms with E-state index in [2.05, 4.69) is 10.3 Å². The first-order valence-electron chi connectivity index (χ1n) is 6.08. The van der Waals surface area contributed by atoms with E-state index in [1.165, 1.54) is 0 Å². The first-order valence-corrected chi connectivity index (χ1v) is 6.08. The molecule has 5 heteroatoms. The molecule has 0 spiro atoms. The van der Waals surface area contributed by atoms with Crippen molar-refractivity contribution in [2.24, 2.45) is 5.73 Å². The van der Waals surface area contributed by atoms with Crippen LogP contribution in [-0.4, -0.2) is 31.2 Å². The maximum atomic E-state index is 11.5. The van der Waals surface area contributed by atoms with Crippen LogP contribution in [0.1, 0.15) is 11.6 Å². The molecule has 100 valence electrons. The van der Waals surface area contributed by atoms with E-state index in [1.54, 1.807) is 13.3 Å². The summed E-state index contributed by atoms with van der Waals surface area (Å²) in [7, 11) is 1.61. The lowest BCUT2D eigenvalue weighted by Gasteiger charge is -2.16. The number of carbonyl (C=O) groups excluding carboxylic acids is 1. The topological polar surface area (TPSA) is 77.2 Å². The van der Waals surface area contributed by atoms with E-state index in [9.17, 15) is 4.79 Å². The molecule has 0 aliphatic rings. The zero-order valence-corrected chi connectivity index (χ0v) is 10.8. The zero-order valence-electron chi connectivity index (χ0n) is 10.8. The van der Waals surface area contributed by atoms with Gasteiger partial charge in [-0.2, -0.15) is 0 Å². The van der Waals surface area contributed by atoms with Crippen molar-refractivity contribution in [1.82, 2.24) is 10.3 Å². The third kappa shape index (κ3) is 3.27. The fraction of sp³-hybridized carbons (Fsp3) is 0.286. The van der Waals surface area contributed by atoms with Gasteiger partial charge in [0.25, 0.3) is 0 Å². The molecule has 0 radical (unpaired) electrons. The third-order valence-corrected chi connectivity index (χ3v) is 2.90. The number of carbonyl (C=O) groups is 1. The van der Waals surface area contributed by atoms with Crippen molar-refractivity contribution in [3.8, 4) is 0 Å². The van der Waals surface area contributed by atoms with Crippen molar-refractivity contribution in [2.75, 3.05) is 20.3 Å². The van der Waals surface area contributed by atoms with Crippen molar-refractivity contribution >= 4 is 16.8 Å². The molecule has 0 bridgehead atoms. The number of nitrogens with zero attached hydrogens (tertiary/aromatic N) is 1. The lowest BCUT2D eigenvalue weighted by atomic mass is 10.0. The highest BCUT2D eigenvalue weighted by Crippen LogP contribution is 2.18. The lowest BCUT2D eigenvalue weighted by Crippen LogP contribution is -2.35. The number of methoxy groups -OCH3 is 1. The molecule has 5 nitrogen and oxygen atoms in total. The summed E-state index contributed by atoms with van der Waals surface area (Å²) < 4.78 is 4.95. The van der Waals surface area contributed by atoms with Crippen LogP contribution in [0.25, 0.3) is 10.9 Å². The molecular formula is C14H17N3O2. The minimum atomic E-state index is -0.514. The van der Waals surface area contributed by atoms with Crippen LogP contribution in [0, 0.1) is 0 Å². The Kier molecular flexibility index (Phi) is 4.43. The first-order chi connectivity index (χ1) is 9.22. The van der Waals surface area contributed by atoms with Gasteiger partial charge in [0.2, 0.25) is 5.91 Å². The highest BCUT2D eigenvalue weighted by molar-refractivity contribution is 5.85. The van der Waals surface area contributed by atoms with Crippen molar-refractivity contribution in [1.29, 1.82) is 0 Å². The van der Waals surface area contributed by atoms with Gasteiger partial charge in [-0.3, -0.25) is 15.1 Å². The fourth-order valence-electron chi connectivity index (χ4n) is 1.96. The zero-order chi connectivity index (χ0) is 13.7. The largest absolute Gasteiger partial charge is 0.383 e.